The predicted molar refractivity (Wildman–Crippen MR) is 67.2 cm³/mol. The van der Waals surface area contributed by atoms with Gasteiger partial charge in [-0.2, -0.15) is 0 Å². The normalized spacial score (nSPS) is 17.9. The van der Waals surface area contributed by atoms with Crippen LogP contribution in [0.25, 0.3) is 5.57 Å². The van der Waals surface area contributed by atoms with Crippen LogP contribution in [0.3, 0.4) is 0 Å². The number of benzene rings is 1. The van der Waals surface area contributed by atoms with Gasteiger partial charge in [0, 0.05) is 18.1 Å². The second-order valence-corrected chi connectivity index (χ2v) is 3.93. The quantitative estimate of drug-likeness (QED) is 0.678. The maximum Gasteiger partial charge on any atom is 0.0490 e. The van der Waals surface area contributed by atoms with Crippen LogP contribution in [-0.4, -0.2) is 4.90 Å². The summed E-state index contributed by atoms with van der Waals surface area (Å²) in [5.41, 5.74) is 3.99. The van der Waals surface area contributed by atoms with Crippen molar-refractivity contribution in [3.63, 3.8) is 0 Å². The Hall–Kier alpha value is -2.02. The van der Waals surface area contributed by atoms with Crippen LogP contribution in [0.4, 0.5) is 0 Å². The second-order valence-electron chi connectivity index (χ2n) is 3.93. The number of rotatable bonds is 1. The van der Waals surface area contributed by atoms with Gasteiger partial charge in [-0.25, -0.2) is 0 Å². The summed E-state index contributed by atoms with van der Waals surface area (Å²) in [6.07, 6.45) is 13.8. The average molecular weight is 207 g/mol. The minimum Gasteiger partial charge on any atom is -0.324 e. The van der Waals surface area contributed by atoms with Crippen molar-refractivity contribution < 1.29 is 0 Å². The minimum absolute atomic E-state index is 1.01. The first-order valence-electron chi connectivity index (χ1n) is 5.53. The van der Waals surface area contributed by atoms with Crippen LogP contribution >= 0.6 is 0 Å². The van der Waals surface area contributed by atoms with E-state index in [1.807, 2.05) is 0 Å². The molecular weight excluding hydrogens is 194 g/mol. The summed E-state index contributed by atoms with van der Waals surface area (Å²) in [6.45, 7) is 0. The third-order valence-corrected chi connectivity index (χ3v) is 2.91. The molecule has 0 unspecified atom stereocenters. The van der Waals surface area contributed by atoms with E-state index in [4.69, 9.17) is 0 Å². The lowest BCUT2D eigenvalue weighted by molar-refractivity contribution is 0.635. The number of nitrogens with zero attached hydrogens (tertiary/aromatic N) is 1. The molecule has 0 saturated carbocycles. The van der Waals surface area contributed by atoms with Gasteiger partial charge >= 0.3 is 0 Å². The zero-order chi connectivity index (χ0) is 10.8. The van der Waals surface area contributed by atoms with Crippen LogP contribution in [0.5, 0.6) is 0 Å². The molecule has 2 heterocycles. The van der Waals surface area contributed by atoms with Crippen LogP contribution in [0.15, 0.2) is 72.7 Å². The Kier molecular flexibility index (Phi) is 2.22. The van der Waals surface area contributed by atoms with Crippen LogP contribution in [0.2, 0.25) is 0 Å². The predicted octanol–water partition coefficient (Wildman–Crippen LogP) is 3.70. The van der Waals surface area contributed by atoms with Crippen LogP contribution < -0.4 is 0 Å². The first kappa shape index (κ1) is 9.22. The molecule has 0 aliphatic carbocycles. The lowest BCUT2D eigenvalue weighted by atomic mass is 9.97. The molecule has 0 spiro atoms. The summed E-state index contributed by atoms with van der Waals surface area (Å²) in [7, 11) is 0. The summed E-state index contributed by atoms with van der Waals surface area (Å²) >= 11 is 0. The van der Waals surface area contributed by atoms with Crippen molar-refractivity contribution in [3.05, 3.63) is 78.3 Å². The van der Waals surface area contributed by atoms with Crippen molar-refractivity contribution in [3.8, 4) is 0 Å². The van der Waals surface area contributed by atoms with Gasteiger partial charge in [-0.3, -0.25) is 0 Å². The first-order valence-corrected chi connectivity index (χ1v) is 5.53. The number of allylic oxidation sites excluding steroid dienone is 5. The molecule has 0 amide bonds. The van der Waals surface area contributed by atoms with E-state index < -0.39 is 0 Å². The van der Waals surface area contributed by atoms with E-state index in [9.17, 15) is 0 Å². The minimum atomic E-state index is 1.01. The maximum absolute atomic E-state index is 2.20. The van der Waals surface area contributed by atoms with Gasteiger partial charge in [-0.15, -0.1) is 0 Å². The highest BCUT2D eigenvalue weighted by Gasteiger charge is 2.14. The third-order valence-electron chi connectivity index (χ3n) is 2.91. The summed E-state index contributed by atoms with van der Waals surface area (Å²) in [5.74, 6) is 0. The Morgan fingerprint density at radius 3 is 2.69 bits per heavy atom. The van der Waals surface area contributed by atoms with Gasteiger partial charge in [-0.1, -0.05) is 42.5 Å². The van der Waals surface area contributed by atoms with Crippen LogP contribution in [0, 0.1) is 0 Å². The molecule has 0 N–H and O–H groups in total. The van der Waals surface area contributed by atoms with Crippen molar-refractivity contribution in [2.45, 2.75) is 6.42 Å². The van der Waals surface area contributed by atoms with Gasteiger partial charge in [0.2, 0.25) is 0 Å². The maximum atomic E-state index is 2.20. The fraction of sp³-hybridized carbons (Fsp3) is 0.0667. The van der Waals surface area contributed by atoms with Crippen molar-refractivity contribution in [1.29, 1.82) is 0 Å². The Balaban J connectivity index is 2.10. The molecule has 16 heavy (non-hydrogen) atoms. The summed E-state index contributed by atoms with van der Waals surface area (Å²) in [5, 5.41) is 0. The lowest BCUT2D eigenvalue weighted by Crippen LogP contribution is -2.14. The smallest absolute Gasteiger partial charge is 0.0490 e. The molecule has 0 fully saturated rings. The monoisotopic (exact) mass is 207 g/mol. The molecule has 78 valence electrons. The number of fused-ring (bicyclic) bond motifs is 1. The second kappa shape index (κ2) is 3.86. The molecule has 1 aromatic carbocycles. The largest absolute Gasteiger partial charge is 0.324 e. The first-order chi connectivity index (χ1) is 7.95. The standard InChI is InChI=1S/C15H13N/c1-2-7-13(8-3-1)14-9-6-12-16-11-5-4-10-15(14)16/h1-8,10-12H,9H2. The van der Waals surface area contributed by atoms with E-state index >= 15 is 0 Å². The van der Waals surface area contributed by atoms with Gasteiger partial charge in [0.25, 0.3) is 0 Å². The van der Waals surface area contributed by atoms with E-state index in [0.717, 1.165) is 6.42 Å². The Labute approximate surface area is 95.7 Å². The van der Waals surface area contributed by atoms with Crippen LogP contribution in [-0.2, 0) is 0 Å². The van der Waals surface area contributed by atoms with E-state index in [-0.39, 0.29) is 0 Å². The Bertz CT molecular complexity index is 503. The van der Waals surface area contributed by atoms with Crippen molar-refractivity contribution in [2.24, 2.45) is 0 Å². The summed E-state index contributed by atoms with van der Waals surface area (Å²) < 4.78 is 0. The van der Waals surface area contributed by atoms with Crippen molar-refractivity contribution in [1.82, 2.24) is 4.90 Å². The average Bonchev–Trinajstić information content (AvgIpc) is 2.39. The van der Waals surface area contributed by atoms with Gasteiger partial charge < -0.3 is 4.90 Å². The van der Waals surface area contributed by atoms with E-state index in [1.54, 1.807) is 0 Å². The van der Waals surface area contributed by atoms with Crippen LogP contribution in [0.1, 0.15) is 12.0 Å². The summed E-state index contributed by atoms with van der Waals surface area (Å²) in [4.78, 5) is 2.17. The molecule has 0 atom stereocenters. The molecule has 0 aromatic heterocycles. The molecule has 0 saturated heterocycles. The highest BCUT2D eigenvalue weighted by molar-refractivity contribution is 5.73. The molecule has 1 aromatic rings. The lowest BCUT2D eigenvalue weighted by Gasteiger charge is -2.26. The molecule has 3 rings (SSSR count). The van der Waals surface area contributed by atoms with E-state index in [1.165, 1.54) is 16.8 Å². The van der Waals surface area contributed by atoms with Gasteiger partial charge in [0.1, 0.15) is 0 Å². The fourth-order valence-electron chi connectivity index (χ4n) is 2.14. The van der Waals surface area contributed by atoms with Crippen molar-refractivity contribution >= 4 is 5.57 Å². The highest BCUT2D eigenvalue weighted by Crippen LogP contribution is 2.31. The van der Waals surface area contributed by atoms with Gasteiger partial charge in [-0.05, 0) is 29.7 Å². The SMILES string of the molecule is C1=CC2=C(c3ccccc3)CC=CN2C=C1. The van der Waals surface area contributed by atoms with E-state index in [2.05, 4.69) is 71.9 Å². The summed E-state index contributed by atoms with van der Waals surface area (Å²) in [6, 6.07) is 10.6. The van der Waals surface area contributed by atoms with Gasteiger partial charge in [0.05, 0.1) is 0 Å². The third kappa shape index (κ3) is 1.50. The van der Waals surface area contributed by atoms with E-state index in [0.29, 0.717) is 0 Å². The molecule has 2 aliphatic rings. The molecular formula is C15H13N. The molecule has 2 aliphatic heterocycles. The molecule has 0 radical (unpaired) electrons. The Morgan fingerprint density at radius 1 is 0.938 bits per heavy atom. The van der Waals surface area contributed by atoms with Crippen molar-refractivity contribution in [2.75, 3.05) is 0 Å². The van der Waals surface area contributed by atoms with Gasteiger partial charge in [0.15, 0.2) is 0 Å². The topological polar surface area (TPSA) is 3.24 Å². The fourth-order valence-corrected chi connectivity index (χ4v) is 2.14. The number of hydrogen-bond donors (Lipinski definition) is 0. The molecule has 1 heteroatoms. The zero-order valence-electron chi connectivity index (χ0n) is 9.01. The molecule has 0 bridgehead atoms. The number of hydrogen-bond acceptors (Lipinski definition) is 1. The Morgan fingerprint density at radius 2 is 1.81 bits per heavy atom. The molecule has 1 nitrogen and oxygen atoms in total. The zero-order valence-corrected chi connectivity index (χ0v) is 9.01. The highest BCUT2D eigenvalue weighted by atomic mass is 15.1.